The molecule has 2 aliphatic heterocycles. The molecule has 7 N–H and O–H groups in total. The van der Waals surface area contributed by atoms with E-state index in [4.69, 9.17) is 90.6 Å². The zero-order valence-electron chi connectivity index (χ0n) is 45.3. The van der Waals surface area contributed by atoms with Gasteiger partial charge >= 0.3 is 21.3 Å². The van der Waals surface area contributed by atoms with Crippen molar-refractivity contribution in [1.82, 2.24) is 30.3 Å². The maximum atomic E-state index is 12.2. The van der Waals surface area contributed by atoms with Crippen molar-refractivity contribution in [2.45, 2.75) is 56.4 Å². The Bertz CT molecular complexity index is 2740. The summed E-state index contributed by atoms with van der Waals surface area (Å²) < 4.78 is 86.1. The van der Waals surface area contributed by atoms with E-state index in [-0.39, 0.29) is 68.6 Å². The number of amides is 1. The highest BCUT2D eigenvalue weighted by Crippen LogP contribution is 2.55. The van der Waals surface area contributed by atoms with Gasteiger partial charge in [-0.05, 0) is 36.2 Å². The van der Waals surface area contributed by atoms with Crippen LogP contribution >= 0.6 is 38.4 Å². The Labute approximate surface area is 487 Å². The number of hydrogen-bond donors (Lipinski definition) is 6. The molecule has 0 saturated carbocycles. The molecule has 4 heterocycles. The van der Waals surface area contributed by atoms with E-state index in [1.807, 2.05) is 6.07 Å². The summed E-state index contributed by atoms with van der Waals surface area (Å²) in [5.41, 5.74) is 9.21. The van der Waals surface area contributed by atoms with Crippen LogP contribution in [0.3, 0.4) is 0 Å². The van der Waals surface area contributed by atoms with E-state index < -0.39 is 63.2 Å². The number of aliphatic hydroxyl groups is 1. The van der Waals surface area contributed by atoms with Crippen LogP contribution in [-0.2, 0) is 69.4 Å². The van der Waals surface area contributed by atoms with Gasteiger partial charge in [0.1, 0.15) is 29.5 Å². The van der Waals surface area contributed by atoms with Crippen LogP contribution in [0.2, 0.25) is 10.3 Å². The Hall–Kier alpha value is -4.76. The summed E-state index contributed by atoms with van der Waals surface area (Å²) in [6.07, 6.45) is -0.266. The number of aliphatic imine (C=N–C) groups is 1. The van der Waals surface area contributed by atoms with Crippen molar-refractivity contribution >= 4 is 62.2 Å². The lowest BCUT2D eigenvalue weighted by atomic mass is 9.91. The molecular weight excluding hydrogens is 1180 g/mol. The van der Waals surface area contributed by atoms with Crippen LogP contribution in [0.1, 0.15) is 47.4 Å². The Morgan fingerprint density at radius 2 is 1.47 bits per heavy atom. The smallest absolute Gasteiger partial charge is 0.410 e. The lowest BCUT2D eigenvalue weighted by molar-refractivity contribution is -0.384. The summed E-state index contributed by atoms with van der Waals surface area (Å²) in [6, 6.07) is 12.3. The van der Waals surface area contributed by atoms with E-state index in [2.05, 4.69) is 30.6 Å². The number of nitrogens with zero attached hydrogens (tertiary/aromatic N) is 8. The summed E-state index contributed by atoms with van der Waals surface area (Å²) in [4.78, 5) is 65.7. The zero-order valence-corrected chi connectivity index (χ0v) is 48.6. The Morgan fingerprint density at radius 1 is 0.855 bits per heavy atom. The van der Waals surface area contributed by atoms with Crippen LogP contribution in [0.4, 0.5) is 16.3 Å². The number of fused-ring (bicyclic) bond motifs is 1. The van der Waals surface area contributed by atoms with Crippen LogP contribution in [0.25, 0.3) is 0 Å². The lowest BCUT2D eigenvalue weighted by Gasteiger charge is -2.33. The number of benzene rings is 2. The minimum absolute atomic E-state index is 0.0508. The molecule has 30 nitrogen and oxygen atoms in total. The number of ether oxygens (including phenoxy) is 10. The average Bonchev–Trinajstić information content (AvgIpc) is 3.29. The van der Waals surface area contributed by atoms with Gasteiger partial charge in [0.2, 0.25) is 5.28 Å². The van der Waals surface area contributed by atoms with Crippen LogP contribution in [0.5, 0.6) is 5.75 Å². The van der Waals surface area contributed by atoms with Crippen molar-refractivity contribution in [2.75, 3.05) is 136 Å². The molecule has 3 unspecified atom stereocenters. The molecule has 460 valence electrons. The number of nitrogens with one attached hydrogen (secondary N) is 1. The van der Waals surface area contributed by atoms with Crippen LogP contribution in [0.15, 0.2) is 59.7 Å². The molecule has 6 atom stereocenters. The van der Waals surface area contributed by atoms with Gasteiger partial charge in [-0.1, -0.05) is 35.0 Å². The number of carbonyl (C=O) groups excluding carboxylic acids is 1. The van der Waals surface area contributed by atoms with Gasteiger partial charge in [0.15, 0.2) is 5.90 Å². The minimum Gasteiger partial charge on any atom is -0.410 e. The fraction of sp³-hybridized carbons (Fsp3) is 0.592. The molecular formula is C49H70Cl2N10O20P2. The first kappa shape index (κ1) is 67.4. The second kappa shape index (κ2) is 35.6. The molecule has 1 fully saturated rings. The summed E-state index contributed by atoms with van der Waals surface area (Å²) in [7, 11) is -9.50. The highest BCUT2D eigenvalue weighted by molar-refractivity contribution is 7.70. The van der Waals surface area contributed by atoms with Crippen LogP contribution in [-0.4, -0.2) is 212 Å². The lowest BCUT2D eigenvalue weighted by Crippen LogP contribution is -2.39. The van der Waals surface area contributed by atoms with Gasteiger partial charge in [-0.2, -0.15) is 4.98 Å². The van der Waals surface area contributed by atoms with E-state index in [1.54, 1.807) is 40.2 Å². The molecule has 83 heavy (non-hydrogen) atoms. The standard InChI is InChI=1S/C49H70Cl2N10O20P2/c50-42-4-2-1-3-40(42)46(52)60(47-41-30-53-29-35(45(41)55-48(51)56-47)27-39-28-43(62)44(80-39)33-79-83(69,70)34-82(66,67)68)11-14-73-17-20-76-23-24-77-25-26-78-32-36-31-59(58-57-36)10-13-72-16-19-75-22-21-74-18-15-71-12-9-54-49(63)81-38-7-5-37(6-8-38)61(64)65/h1-8,30-31,35,39,43-44,46,62H,9-29,32-34,52H2,(H,54,63)(H,69,70)(H2,66,67,68)/t35?,39?,43-,44+,46+/m0/s1. The molecule has 4 aromatic rings. The number of carbonyl (C=O) groups is 1. The molecule has 2 aliphatic rings. The first-order valence-corrected chi connectivity index (χ1v) is 30.7. The number of non-ortho nitro benzene ring substituents is 1. The first-order valence-electron chi connectivity index (χ1n) is 26.3. The highest BCUT2D eigenvalue weighted by atomic mass is 35.5. The largest absolute Gasteiger partial charge is 0.412 e. The van der Waals surface area contributed by atoms with Crippen molar-refractivity contribution in [3.05, 3.63) is 97.7 Å². The minimum atomic E-state index is -4.84. The normalized spacial score (nSPS) is 18.0. The van der Waals surface area contributed by atoms with E-state index in [9.17, 15) is 34.0 Å². The predicted octanol–water partition coefficient (Wildman–Crippen LogP) is 3.63. The Morgan fingerprint density at radius 3 is 2.11 bits per heavy atom. The average molecular weight is 1250 g/mol. The van der Waals surface area contributed by atoms with Crippen molar-refractivity contribution in [1.29, 1.82) is 0 Å². The van der Waals surface area contributed by atoms with Crippen molar-refractivity contribution in [3.63, 3.8) is 0 Å². The van der Waals surface area contributed by atoms with Gasteiger partial charge in [-0.3, -0.25) is 24.2 Å². The number of nitro groups is 1. The summed E-state index contributed by atoms with van der Waals surface area (Å²) in [5.74, 6) is -1.14. The van der Waals surface area contributed by atoms with E-state index >= 15 is 0 Å². The molecule has 0 bridgehead atoms. The van der Waals surface area contributed by atoms with Crippen LogP contribution < -0.4 is 20.7 Å². The third kappa shape index (κ3) is 24.6. The monoisotopic (exact) mass is 1250 g/mol. The topological polar surface area (TPSA) is 387 Å². The molecule has 2 aromatic heterocycles. The number of aromatic nitrogens is 5. The molecule has 2 aromatic carbocycles. The molecule has 34 heteroatoms. The first-order chi connectivity index (χ1) is 39.9. The number of aliphatic hydroxyl groups excluding tert-OH is 1. The quantitative estimate of drug-likeness (QED) is 0.00922. The fourth-order valence-electron chi connectivity index (χ4n) is 8.24. The molecule has 0 radical (unpaired) electrons. The van der Waals surface area contributed by atoms with Crippen molar-refractivity contribution in [2.24, 2.45) is 10.7 Å². The summed E-state index contributed by atoms with van der Waals surface area (Å²) in [5, 5.41) is 32.6. The Kier molecular flexibility index (Phi) is 28.9. The molecule has 0 aliphatic carbocycles. The second-order valence-corrected chi connectivity index (χ2v) is 23.2. The zero-order chi connectivity index (χ0) is 59.5. The molecule has 1 amide bonds. The third-order valence-corrected chi connectivity index (χ3v) is 16.1. The number of nitro benzene ring substituents is 1. The maximum Gasteiger partial charge on any atom is 0.412 e. The summed E-state index contributed by atoms with van der Waals surface area (Å²) in [6.45, 7) is 5.98. The van der Waals surface area contributed by atoms with Gasteiger partial charge in [0, 0.05) is 60.9 Å². The second-order valence-electron chi connectivity index (χ2n) is 18.4. The number of hydrogen-bond acceptors (Lipinski definition) is 24. The van der Waals surface area contributed by atoms with Gasteiger partial charge in [0.25, 0.3) is 5.69 Å². The van der Waals surface area contributed by atoms with E-state index in [0.29, 0.717) is 132 Å². The van der Waals surface area contributed by atoms with Crippen molar-refractivity contribution < 1.29 is 90.5 Å². The molecule has 0 spiro atoms. The number of halogens is 2. The van der Waals surface area contributed by atoms with E-state index in [0.717, 1.165) is 0 Å². The highest BCUT2D eigenvalue weighted by Gasteiger charge is 2.40. The summed E-state index contributed by atoms with van der Waals surface area (Å²) >= 11 is 13.2. The Balaban J connectivity index is 0.778. The number of rotatable bonds is 41. The SMILES string of the molecule is N[C@@H](c1ccccc1Cl)N(CCOCCOCCOCCOCc1cn(CCOCCOCCOCCOCCNC(=O)Oc2ccc([N+](=O)[O-])cc2)nn1)c1nc(Cl)nc2c1C=NCC2CC1C[C@H](O)[C@@H](COP(=O)(O)CP(=O)(O)O)O1. The maximum absolute atomic E-state index is 12.2. The van der Waals surface area contributed by atoms with Gasteiger partial charge in [-0.15, -0.1) is 5.10 Å². The third-order valence-electron chi connectivity index (χ3n) is 12.1. The van der Waals surface area contributed by atoms with Crippen molar-refractivity contribution in [3.8, 4) is 5.75 Å². The molecule has 1 saturated heterocycles. The number of nitrogens with two attached hydrogens (primary N) is 1. The molecule has 6 rings (SSSR count). The van der Waals surface area contributed by atoms with E-state index in [1.165, 1.54) is 24.3 Å². The fourth-order valence-corrected chi connectivity index (χ4v) is 11.2. The predicted molar refractivity (Wildman–Crippen MR) is 297 cm³/mol. The van der Waals surface area contributed by atoms with Gasteiger partial charge in [0.05, 0.1) is 153 Å². The number of anilines is 1. The van der Waals surface area contributed by atoms with Gasteiger partial charge in [-0.25, -0.2) is 14.5 Å². The van der Waals surface area contributed by atoms with Gasteiger partial charge < -0.3 is 87.6 Å². The van der Waals surface area contributed by atoms with Crippen LogP contribution in [0, 0.1) is 10.1 Å².